The number of aromatic nitrogens is 2. The van der Waals surface area contributed by atoms with E-state index in [9.17, 15) is 0 Å². The average molecular weight is 284 g/mol. The lowest BCUT2D eigenvalue weighted by molar-refractivity contribution is 0.128. The molecule has 1 heterocycles. The highest BCUT2D eigenvalue weighted by Gasteiger charge is 2.04. The predicted molar refractivity (Wildman–Crippen MR) is 83.0 cm³/mol. The fourth-order valence-corrected chi connectivity index (χ4v) is 1.98. The van der Waals surface area contributed by atoms with Crippen molar-refractivity contribution in [3.05, 3.63) is 11.9 Å². The molecule has 0 aliphatic rings. The molecule has 1 rings (SSSR count). The number of rotatable bonds is 10. The molecule has 0 bridgehead atoms. The molecule has 108 valence electrons. The summed E-state index contributed by atoms with van der Waals surface area (Å²) in [5.74, 6) is 3.58. The third kappa shape index (κ3) is 6.63. The van der Waals surface area contributed by atoms with Crippen molar-refractivity contribution in [3.8, 4) is 0 Å². The predicted octanol–water partition coefficient (Wildman–Crippen LogP) is 2.61. The molecule has 0 saturated carbocycles. The zero-order chi connectivity index (χ0) is 13.9. The summed E-state index contributed by atoms with van der Waals surface area (Å²) in [4.78, 5) is 8.87. The number of anilines is 2. The molecule has 1 aromatic rings. The molecule has 2 N–H and O–H groups in total. The minimum atomic E-state index is 0.454. The van der Waals surface area contributed by atoms with Crippen molar-refractivity contribution in [3.63, 3.8) is 0 Å². The minimum absolute atomic E-state index is 0.454. The molecule has 0 amide bonds. The second kappa shape index (κ2) is 9.86. The first-order chi connectivity index (χ1) is 9.30. The molecule has 0 atom stereocenters. The van der Waals surface area contributed by atoms with Crippen LogP contribution in [0.4, 0.5) is 11.6 Å². The normalized spacial score (nSPS) is 10.5. The summed E-state index contributed by atoms with van der Waals surface area (Å²) >= 11 is 1.86. The van der Waals surface area contributed by atoms with Crippen molar-refractivity contribution >= 4 is 23.4 Å². The molecule has 0 unspecified atom stereocenters. The van der Waals surface area contributed by atoms with Crippen molar-refractivity contribution in [2.24, 2.45) is 0 Å². The molecule has 0 aliphatic heterocycles. The highest BCUT2D eigenvalue weighted by atomic mass is 32.2. The molecule has 0 fully saturated rings. The highest BCUT2D eigenvalue weighted by molar-refractivity contribution is 7.98. The van der Waals surface area contributed by atoms with Crippen LogP contribution in [-0.4, -0.2) is 41.7 Å². The SMILES string of the molecule is CCNc1cc(NCCCSC)nc(COCC)n1. The Kier molecular flexibility index (Phi) is 8.33. The van der Waals surface area contributed by atoms with E-state index in [-0.39, 0.29) is 0 Å². The molecule has 6 heteroatoms. The maximum Gasteiger partial charge on any atom is 0.158 e. The van der Waals surface area contributed by atoms with Gasteiger partial charge in [-0.2, -0.15) is 11.8 Å². The van der Waals surface area contributed by atoms with Gasteiger partial charge in [0.2, 0.25) is 0 Å². The third-order valence-electron chi connectivity index (χ3n) is 2.40. The Bertz CT molecular complexity index is 362. The van der Waals surface area contributed by atoms with Crippen LogP contribution in [-0.2, 0) is 11.3 Å². The van der Waals surface area contributed by atoms with Gasteiger partial charge >= 0.3 is 0 Å². The fraction of sp³-hybridized carbons (Fsp3) is 0.692. The van der Waals surface area contributed by atoms with Gasteiger partial charge in [0, 0.05) is 25.8 Å². The first-order valence-corrected chi connectivity index (χ1v) is 8.11. The number of thioether (sulfide) groups is 1. The molecule has 0 saturated heterocycles. The Hall–Kier alpha value is -1.01. The Labute approximate surface area is 119 Å². The van der Waals surface area contributed by atoms with Gasteiger partial charge in [0.1, 0.15) is 18.2 Å². The summed E-state index contributed by atoms with van der Waals surface area (Å²) in [6.45, 7) is 6.92. The van der Waals surface area contributed by atoms with Gasteiger partial charge in [0.05, 0.1) is 0 Å². The first kappa shape index (κ1) is 16.0. The Balaban J connectivity index is 2.63. The van der Waals surface area contributed by atoms with E-state index in [1.807, 2.05) is 24.8 Å². The number of ether oxygens (including phenoxy) is 1. The average Bonchev–Trinajstić information content (AvgIpc) is 2.42. The van der Waals surface area contributed by atoms with Crippen LogP contribution < -0.4 is 10.6 Å². The number of nitrogens with zero attached hydrogens (tertiary/aromatic N) is 2. The molecule has 0 aliphatic carbocycles. The van der Waals surface area contributed by atoms with Gasteiger partial charge in [-0.3, -0.25) is 0 Å². The van der Waals surface area contributed by atoms with Crippen LogP contribution in [0.15, 0.2) is 6.07 Å². The van der Waals surface area contributed by atoms with Gasteiger partial charge in [-0.25, -0.2) is 9.97 Å². The summed E-state index contributed by atoms with van der Waals surface area (Å²) in [7, 11) is 0. The lowest BCUT2D eigenvalue weighted by atomic mass is 10.4. The quantitative estimate of drug-likeness (QED) is 0.644. The summed E-state index contributed by atoms with van der Waals surface area (Å²) < 4.78 is 5.37. The van der Waals surface area contributed by atoms with Crippen molar-refractivity contribution in [1.29, 1.82) is 0 Å². The van der Waals surface area contributed by atoms with E-state index >= 15 is 0 Å². The molecule has 0 aromatic carbocycles. The van der Waals surface area contributed by atoms with E-state index in [2.05, 4.69) is 33.8 Å². The second-order valence-corrected chi connectivity index (χ2v) is 4.98. The molecule has 5 nitrogen and oxygen atoms in total. The van der Waals surface area contributed by atoms with Crippen LogP contribution in [0.2, 0.25) is 0 Å². The van der Waals surface area contributed by atoms with Crippen LogP contribution in [0.25, 0.3) is 0 Å². The lowest BCUT2D eigenvalue weighted by Gasteiger charge is -2.10. The summed E-state index contributed by atoms with van der Waals surface area (Å²) in [5, 5.41) is 6.55. The Morgan fingerprint density at radius 3 is 2.58 bits per heavy atom. The van der Waals surface area contributed by atoms with Gasteiger partial charge in [0.15, 0.2) is 5.82 Å². The monoisotopic (exact) mass is 284 g/mol. The molecule has 1 aromatic heterocycles. The molecule has 19 heavy (non-hydrogen) atoms. The number of hydrogen-bond acceptors (Lipinski definition) is 6. The smallest absolute Gasteiger partial charge is 0.158 e. The third-order valence-corrected chi connectivity index (χ3v) is 3.09. The topological polar surface area (TPSA) is 59.1 Å². The van der Waals surface area contributed by atoms with E-state index in [4.69, 9.17) is 4.74 Å². The summed E-state index contributed by atoms with van der Waals surface area (Å²) in [6.07, 6.45) is 3.25. The van der Waals surface area contributed by atoms with Crippen LogP contribution in [0.1, 0.15) is 26.1 Å². The van der Waals surface area contributed by atoms with E-state index in [1.165, 1.54) is 0 Å². The van der Waals surface area contributed by atoms with Crippen molar-refractivity contribution in [2.75, 3.05) is 42.3 Å². The first-order valence-electron chi connectivity index (χ1n) is 6.72. The Morgan fingerprint density at radius 1 is 1.21 bits per heavy atom. The minimum Gasteiger partial charge on any atom is -0.374 e. The number of hydrogen-bond donors (Lipinski definition) is 2. The second-order valence-electron chi connectivity index (χ2n) is 4.00. The van der Waals surface area contributed by atoms with E-state index in [1.54, 1.807) is 0 Å². The van der Waals surface area contributed by atoms with Gasteiger partial charge < -0.3 is 15.4 Å². The van der Waals surface area contributed by atoms with Crippen LogP contribution in [0.5, 0.6) is 0 Å². The summed E-state index contributed by atoms with van der Waals surface area (Å²) in [5.41, 5.74) is 0. The van der Waals surface area contributed by atoms with Gasteiger partial charge in [0.25, 0.3) is 0 Å². The Morgan fingerprint density at radius 2 is 1.95 bits per heavy atom. The zero-order valence-electron chi connectivity index (χ0n) is 12.0. The van der Waals surface area contributed by atoms with E-state index < -0.39 is 0 Å². The highest BCUT2D eigenvalue weighted by Crippen LogP contribution is 2.12. The van der Waals surface area contributed by atoms with Crippen molar-refractivity contribution < 1.29 is 4.74 Å². The zero-order valence-corrected chi connectivity index (χ0v) is 12.8. The van der Waals surface area contributed by atoms with E-state index in [0.29, 0.717) is 19.0 Å². The van der Waals surface area contributed by atoms with Crippen LogP contribution in [0, 0.1) is 0 Å². The van der Waals surface area contributed by atoms with Gasteiger partial charge in [-0.05, 0) is 32.3 Å². The maximum absolute atomic E-state index is 5.37. The lowest BCUT2D eigenvalue weighted by Crippen LogP contribution is -2.10. The van der Waals surface area contributed by atoms with Crippen LogP contribution >= 0.6 is 11.8 Å². The van der Waals surface area contributed by atoms with Crippen molar-refractivity contribution in [1.82, 2.24) is 9.97 Å². The van der Waals surface area contributed by atoms with Gasteiger partial charge in [-0.15, -0.1) is 0 Å². The molecular formula is C13H24N4OS. The van der Waals surface area contributed by atoms with Crippen LogP contribution in [0.3, 0.4) is 0 Å². The number of nitrogens with one attached hydrogen (secondary N) is 2. The fourth-order valence-electron chi connectivity index (χ4n) is 1.55. The maximum atomic E-state index is 5.37. The van der Waals surface area contributed by atoms with Gasteiger partial charge in [-0.1, -0.05) is 0 Å². The molecule has 0 spiro atoms. The molecule has 0 radical (unpaired) electrons. The molecular weight excluding hydrogens is 260 g/mol. The standard InChI is InChI=1S/C13H24N4OS/c1-4-14-11-9-12(15-7-6-8-19-3)17-13(16-11)10-18-5-2/h9H,4-8,10H2,1-3H3,(H2,14,15,16,17). The summed E-state index contributed by atoms with van der Waals surface area (Å²) in [6, 6.07) is 1.94. The van der Waals surface area contributed by atoms with Crippen molar-refractivity contribution in [2.45, 2.75) is 26.9 Å². The van der Waals surface area contributed by atoms with E-state index in [0.717, 1.165) is 36.9 Å². The largest absolute Gasteiger partial charge is 0.374 e.